The Hall–Kier alpha value is -1.59. The van der Waals surface area contributed by atoms with E-state index in [-0.39, 0.29) is 6.10 Å². The van der Waals surface area contributed by atoms with Gasteiger partial charge < -0.3 is 20.1 Å². The fourth-order valence-corrected chi connectivity index (χ4v) is 1.89. The zero-order chi connectivity index (χ0) is 15.3. The summed E-state index contributed by atoms with van der Waals surface area (Å²) in [5.74, 6) is 0.787. The Labute approximate surface area is 127 Å². The first-order chi connectivity index (χ1) is 10.3. The van der Waals surface area contributed by atoms with Crippen LogP contribution in [0, 0.1) is 0 Å². The molecule has 0 spiro atoms. The van der Waals surface area contributed by atoms with E-state index in [0.29, 0.717) is 13.2 Å². The van der Waals surface area contributed by atoms with Crippen molar-refractivity contribution in [1.82, 2.24) is 10.6 Å². The lowest BCUT2D eigenvalue weighted by Gasteiger charge is -2.16. The van der Waals surface area contributed by atoms with E-state index >= 15 is 0 Å². The molecule has 0 aliphatic carbocycles. The van der Waals surface area contributed by atoms with Crippen LogP contribution in [0.5, 0.6) is 0 Å². The molecule has 1 rings (SSSR count). The van der Waals surface area contributed by atoms with E-state index < -0.39 is 0 Å². The van der Waals surface area contributed by atoms with Gasteiger partial charge >= 0.3 is 0 Å². The van der Waals surface area contributed by atoms with Crippen LogP contribution >= 0.6 is 0 Å². The first-order valence-electron chi connectivity index (χ1n) is 7.49. The van der Waals surface area contributed by atoms with Crippen molar-refractivity contribution in [2.75, 3.05) is 40.0 Å². The molecule has 0 aliphatic rings. The van der Waals surface area contributed by atoms with E-state index in [0.717, 1.165) is 31.2 Å². The summed E-state index contributed by atoms with van der Waals surface area (Å²) in [4.78, 5) is 4.57. The average Bonchev–Trinajstić information content (AvgIpc) is 2.53. The molecule has 0 bridgehead atoms. The standard InChI is InChI=1S/C16H27N3O2/c1-4-17-16(18-11-12-21-5-2)19-13-15(20-3)14-9-7-6-8-10-14/h6-10,15H,4-5,11-13H2,1-3H3,(H2,17,18,19). The monoisotopic (exact) mass is 293 g/mol. The van der Waals surface area contributed by atoms with Gasteiger partial charge in [0.25, 0.3) is 0 Å². The highest BCUT2D eigenvalue weighted by molar-refractivity contribution is 5.79. The summed E-state index contributed by atoms with van der Waals surface area (Å²) >= 11 is 0. The summed E-state index contributed by atoms with van der Waals surface area (Å²) in [5.41, 5.74) is 1.13. The molecular weight excluding hydrogens is 266 g/mol. The number of hydrogen-bond donors (Lipinski definition) is 2. The average molecular weight is 293 g/mol. The number of rotatable bonds is 9. The summed E-state index contributed by atoms with van der Waals surface area (Å²) in [5, 5.41) is 6.46. The fourth-order valence-electron chi connectivity index (χ4n) is 1.89. The number of nitrogens with zero attached hydrogens (tertiary/aromatic N) is 1. The summed E-state index contributed by atoms with van der Waals surface area (Å²) in [6.45, 7) is 7.58. The lowest BCUT2D eigenvalue weighted by Crippen LogP contribution is -2.39. The molecule has 1 atom stereocenters. The number of ether oxygens (including phenoxy) is 2. The Kier molecular flexibility index (Phi) is 9.24. The van der Waals surface area contributed by atoms with Gasteiger partial charge in [0, 0.05) is 26.8 Å². The normalized spacial score (nSPS) is 13.0. The Morgan fingerprint density at radius 3 is 2.57 bits per heavy atom. The van der Waals surface area contributed by atoms with Crippen LogP contribution in [0.3, 0.4) is 0 Å². The number of nitrogens with one attached hydrogen (secondary N) is 2. The van der Waals surface area contributed by atoms with Gasteiger partial charge in [-0.3, -0.25) is 4.99 Å². The summed E-state index contributed by atoms with van der Waals surface area (Å²) in [6.07, 6.45) is -0.0338. The van der Waals surface area contributed by atoms with Crippen molar-refractivity contribution >= 4 is 5.96 Å². The van der Waals surface area contributed by atoms with E-state index in [1.165, 1.54) is 0 Å². The smallest absolute Gasteiger partial charge is 0.191 e. The van der Waals surface area contributed by atoms with Crippen molar-refractivity contribution in [3.05, 3.63) is 35.9 Å². The molecule has 0 aliphatic heterocycles. The van der Waals surface area contributed by atoms with E-state index in [4.69, 9.17) is 9.47 Å². The van der Waals surface area contributed by atoms with Crippen molar-refractivity contribution < 1.29 is 9.47 Å². The van der Waals surface area contributed by atoms with Crippen LogP contribution in [0.25, 0.3) is 0 Å². The van der Waals surface area contributed by atoms with Crippen LogP contribution in [-0.4, -0.2) is 45.9 Å². The molecule has 0 fully saturated rings. The lowest BCUT2D eigenvalue weighted by atomic mass is 10.1. The summed E-state index contributed by atoms with van der Waals surface area (Å²) in [7, 11) is 1.71. The highest BCUT2D eigenvalue weighted by Gasteiger charge is 2.09. The van der Waals surface area contributed by atoms with Gasteiger partial charge in [-0.2, -0.15) is 0 Å². The van der Waals surface area contributed by atoms with E-state index in [9.17, 15) is 0 Å². The third-order valence-electron chi connectivity index (χ3n) is 2.96. The molecule has 5 heteroatoms. The minimum atomic E-state index is -0.0338. The second-order valence-electron chi connectivity index (χ2n) is 4.48. The second kappa shape index (κ2) is 11.1. The third-order valence-corrected chi connectivity index (χ3v) is 2.96. The lowest BCUT2D eigenvalue weighted by molar-refractivity contribution is 0.111. The zero-order valence-corrected chi connectivity index (χ0v) is 13.3. The molecule has 1 aromatic rings. The van der Waals surface area contributed by atoms with E-state index in [1.807, 2.05) is 32.0 Å². The number of benzene rings is 1. The Morgan fingerprint density at radius 1 is 1.19 bits per heavy atom. The molecule has 1 aromatic carbocycles. The first-order valence-corrected chi connectivity index (χ1v) is 7.49. The molecule has 21 heavy (non-hydrogen) atoms. The topological polar surface area (TPSA) is 54.9 Å². The molecule has 0 amide bonds. The van der Waals surface area contributed by atoms with Gasteiger partial charge in [-0.05, 0) is 19.4 Å². The van der Waals surface area contributed by atoms with Crippen LogP contribution in [0.2, 0.25) is 0 Å². The quantitative estimate of drug-likeness (QED) is 0.415. The minimum Gasteiger partial charge on any atom is -0.380 e. The van der Waals surface area contributed by atoms with Crippen molar-refractivity contribution in [3.8, 4) is 0 Å². The van der Waals surface area contributed by atoms with Gasteiger partial charge in [0.2, 0.25) is 0 Å². The largest absolute Gasteiger partial charge is 0.380 e. The molecule has 0 radical (unpaired) electrons. The molecule has 0 saturated heterocycles. The van der Waals surface area contributed by atoms with Gasteiger partial charge in [-0.25, -0.2) is 0 Å². The molecule has 0 aromatic heterocycles. The number of hydrogen-bond acceptors (Lipinski definition) is 3. The maximum Gasteiger partial charge on any atom is 0.191 e. The van der Waals surface area contributed by atoms with Gasteiger partial charge in [0.15, 0.2) is 5.96 Å². The number of guanidine groups is 1. The maximum absolute atomic E-state index is 5.52. The third kappa shape index (κ3) is 7.11. The molecule has 5 nitrogen and oxygen atoms in total. The molecule has 118 valence electrons. The predicted octanol–water partition coefficient (Wildman–Crippen LogP) is 1.97. The Balaban J connectivity index is 2.54. The van der Waals surface area contributed by atoms with E-state index in [2.05, 4.69) is 27.8 Å². The summed E-state index contributed by atoms with van der Waals surface area (Å²) < 4.78 is 10.8. The van der Waals surface area contributed by atoms with Gasteiger partial charge in [-0.1, -0.05) is 30.3 Å². The molecule has 0 heterocycles. The highest BCUT2D eigenvalue weighted by Crippen LogP contribution is 2.16. The van der Waals surface area contributed by atoms with Gasteiger partial charge in [-0.15, -0.1) is 0 Å². The second-order valence-corrected chi connectivity index (χ2v) is 4.48. The van der Waals surface area contributed by atoms with E-state index in [1.54, 1.807) is 7.11 Å². The Bertz CT molecular complexity index is 396. The highest BCUT2D eigenvalue weighted by atomic mass is 16.5. The first kappa shape index (κ1) is 17.5. The molecular formula is C16H27N3O2. The number of aliphatic imine (C=N–C) groups is 1. The molecule has 2 N–H and O–H groups in total. The van der Waals surface area contributed by atoms with Crippen molar-refractivity contribution in [1.29, 1.82) is 0 Å². The van der Waals surface area contributed by atoms with Crippen molar-refractivity contribution in [2.45, 2.75) is 20.0 Å². The van der Waals surface area contributed by atoms with Crippen LogP contribution in [0.1, 0.15) is 25.5 Å². The fraction of sp³-hybridized carbons (Fsp3) is 0.562. The van der Waals surface area contributed by atoms with Crippen LogP contribution in [-0.2, 0) is 9.47 Å². The van der Waals surface area contributed by atoms with Crippen LogP contribution in [0.15, 0.2) is 35.3 Å². The number of methoxy groups -OCH3 is 1. The minimum absolute atomic E-state index is 0.0338. The molecule has 0 saturated carbocycles. The van der Waals surface area contributed by atoms with Crippen LogP contribution in [0.4, 0.5) is 0 Å². The Morgan fingerprint density at radius 2 is 1.95 bits per heavy atom. The SMILES string of the molecule is CCNC(=NCC(OC)c1ccccc1)NCCOCC. The molecule has 1 unspecified atom stereocenters. The maximum atomic E-state index is 5.52. The predicted molar refractivity (Wildman–Crippen MR) is 86.7 cm³/mol. The van der Waals surface area contributed by atoms with Crippen molar-refractivity contribution in [3.63, 3.8) is 0 Å². The zero-order valence-electron chi connectivity index (χ0n) is 13.3. The van der Waals surface area contributed by atoms with Crippen molar-refractivity contribution in [2.24, 2.45) is 4.99 Å². The van der Waals surface area contributed by atoms with Gasteiger partial charge in [0.1, 0.15) is 6.10 Å². The summed E-state index contributed by atoms with van der Waals surface area (Å²) in [6, 6.07) is 10.1. The van der Waals surface area contributed by atoms with Crippen LogP contribution < -0.4 is 10.6 Å². The van der Waals surface area contributed by atoms with Gasteiger partial charge in [0.05, 0.1) is 13.2 Å².